The van der Waals surface area contributed by atoms with Crippen molar-refractivity contribution in [3.63, 3.8) is 0 Å². The smallest absolute Gasteiger partial charge is 0.320 e. The average molecular weight is 240 g/mol. The maximum absolute atomic E-state index is 11.3. The number of rotatable bonds is 5. The number of pyridine rings is 1. The van der Waals surface area contributed by atoms with E-state index in [0.29, 0.717) is 23.6 Å². The van der Waals surface area contributed by atoms with Gasteiger partial charge in [0, 0.05) is 0 Å². The molecule has 1 aromatic heterocycles. The van der Waals surface area contributed by atoms with E-state index in [1.165, 1.54) is 11.8 Å². The minimum absolute atomic E-state index is 0.565. The first-order valence-corrected chi connectivity index (χ1v) is 5.99. The summed E-state index contributed by atoms with van der Waals surface area (Å²) >= 11 is 1.29. The fourth-order valence-electron chi connectivity index (χ4n) is 1.39. The Labute approximate surface area is 99.3 Å². The molecule has 88 valence electrons. The molecule has 0 amide bonds. The van der Waals surface area contributed by atoms with Gasteiger partial charge in [0.1, 0.15) is 4.75 Å². The number of carboxylic acid groups (broad SMARTS) is 1. The molecule has 0 spiro atoms. The van der Waals surface area contributed by atoms with Gasteiger partial charge in [0.25, 0.3) is 0 Å². The Morgan fingerprint density at radius 3 is 2.50 bits per heavy atom. The highest BCUT2D eigenvalue weighted by molar-refractivity contribution is 8.01. The molecule has 1 heterocycles. The molecular weight excluding hydrogens is 224 g/mol. The van der Waals surface area contributed by atoms with Crippen LogP contribution < -0.4 is 5.73 Å². The molecule has 5 heteroatoms. The predicted octanol–water partition coefficient (Wildman–Crippen LogP) is 2.40. The zero-order valence-corrected chi connectivity index (χ0v) is 10.3. The molecule has 0 radical (unpaired) electrons. The molecule has 0 bridgehead atoms. The zero-order chi connectivity index (χ0) is 12.2. The van der Waals surface area contributed by atoms with E-state index in [-0.39, 0.29) is 0 Å². The van der Waals surface area contributed by atoms with Crippen molar-refractivity contribution < 1.29 is 9.90 Å². The molecule has 16 heavy (non-hydrogen) atoms. The quantitative estimate of drug-likeness (QED) is 0.773. The molecular formula is C11H16N2O2S. The predicted molar refractivity (Wildman–Crippen MR) is 65.5 cm³/mol. The number of carboxylic acids is 1. The molecule has 0 unspecified atom stereocenters. The fourth-order valence-corrected chi connectivity index (χ4v) is 2.41. The van der Waals surface area contributed by atoms with E-state index < -0.39 is 10.7 Å². The Morgan fingerprint density at radius 2 is 2.12 bits per heavy atom. The number of nitrogen functional groups attached to an aromatic ring is 1. The van der Waals surface area contributed by atoms with Crippen LogP contribution in [0.1, 0.15) is 26.7 Å². The number of anilines is 1. The van der Waals surface area contributed by atoms with Crippen molar-refractivity contribution in [3.8, 4) is 0 Å². The van der Waals surface area contributed by atoms with Gasteiger partial charge in [0.05, 0.1) is 16.9 Å². The maximum atomic E-state index is 11.3. The Kier molecular flexibility index (Phi) is 4.18. The standard InChI is InChI=1S/C11H16N2O2S/c1-3-11(4-2,10(14)15)16-9-6-5-8(12)7-13-9/h5-7H,3-4,12H2,1-2H3,(H,14,15). The van der Waals surface area contributed by atoms with Gasteiger partial charge in [-0.05, 0) is 25.0 Å². The SMILES string of the molecule is CCC(CC)(Sc1ccc(N)cn1)C(=O)O. The lowest BCUT2D eigenvalue weighted by atomic mass is 10.0. The molecule has 0 aliphatic rings. The summed E-state index contributed by atoms with van der Waals surface area (Å²) in [5.41, 5.74) is 6.11. The van der Waals surface area contributed by atoms with Gasteiger partial charge in [0.15, 0.2) is 0 Å². The molecule has 0 fully saturated rings. The van der Waals surface area contributed by atoms with E-state index >= 15 is 0 Å². The Balaban J connectivity index is 2.91. The van der Waals surface area contributed by atoms with Crippen LogP contribution in [0.5, 0.6) is 0 Å². The summed E-state index contributed by atoms with van der Waals surface area (Å²) in [7, 11) is 0. The van der Waals surface area contributed by atoms with Crippen LogP contribution in [0.25, 0.3) is 0 Å². The number of nitrogens with two attached hydrogens (primary N) is 1. The van der Waals surface area contributed by atoms with Crippen LogP contribution in [0.3, 0.4) is 0 Å². The monoisotopic (exact) mass is 240 g/mol. The van der Waals surface area contributed by atoms with Crippen molar-refractivity contribution in [1.29, 1.82) is 0 Å². The number of thioether (sulfide) groups is 1. The first-order valence-electron chi connectivity index (χ1n) is 5.18. The molecule has 0 aromatic carbocycles. The van der Waals surface area contributed by atoms with Gasteiger partial charge in [-0.1, -0.05) is 25.6 Å². The number of hydrogen-bond acceptors (Lipinski definition) is 4. The molecule has 0 atom stereocenters. The lowest BCUT2D eigenvalue weighted by molar-refractivity contribution is -0.140. The van der Waals surface area contributed by atoms with Crippen molar-refractivity contribution in [1.82, 2.24) is 4.98 Å². The molecule has 1 aromatic rings. The van der Waals surface area contributed by atoms with Crippen molar-refractivity contribution in [2.24, 2.45) is 0 Å². The Morgan fingerprint density at radius 1 is 1.50 bits per heavy atom. The van der Waals surface area contributed by atoms with Crippen molar-refractivity contribution in [3.05, 3.63) is 18.3 Å². The van der Waals surface area contributed by atoms with E-state index in [4.69, 9.17) is 5.73 Å². The molecule has 0 saturated carbocycles. The van der Waals surface area contributed by atoms with E-state index in [9.17, 15) is 9.90 Å². The third kappa shape index (κ3) is 2.66. The lowest BCUT2D eigenvalue weighted by Crippen LogP contribution is -2.33. The highest BCUT2D eigenvalue weighted by Gasteiger charge is 2.36. The van der Waals surface area contributed by atoms with Gasteiger partial charge in [0.2, 0.25) is 0 Å². The topological polar surface area (TPSA) is 76.2 Å². The van der Waals surface area contributed by atoms with Gasteiger partial charge < -0.3 is 10.8 Å². The average Bonchev–Trinajstić information content (AvgIpc) is 2.28. The van der Waals surface area contributed by atoms with Crippen molar-refractivity contribution >= 4 is 23.4 Å². The van der Waals surface area contributed by atoms with Gasteiger partial charge >= 0.3 is 5.97 Å². The van der Waals surface area contributed by atoms with E-state index in [2.05, 4.69) is 4.98 Å². The summed E-state index contributed by atoms with van der Waals surface area (Å²) in [6.07, 6.45) is 2.67. The van der Waals surface area contributed by atoms with Crippen LogP contribution in [0, 0.1) is 0 Å². The van der Waals surface area contributed by atoms with Gasteiger partial charge in [-0.25, -0.2) is 4.98 Å². The van der Waals surface area contributed by atoms with E-state index in [1.807, 2.05) is 13.8 Å². The van der Waals surface area contributed by atoms with Crippen LogP contribution in [0.2, 0.25) is 0 Å². The number of nitrogens with zero attached hydrogens (tertiary/aromatic N) is 1. The molecule has 4 nitrogen and oxygen atoms in total. The van der Waals surface area contributed by atoms with Gasteiger partial charge in [-0.2, -0.15) is 0 Å². The summed E-state index contributed by atoms with van der Waals surface area (Å²) in [4.78, 5) is 15.4. The summed E-state index contributed by atoms with van der Waals surface area (Å²) in [6, 6.07) is 3.48. The number of hydrogen-bond donors (Lipinski definition) is 2. The van der Waals surface area contributed by atoms with Crippen LogP contribution >= 0.6 is 11.8 Å². The normalized spacial score (nSPS) is 11.4. The van der Waals surface area contributed by atoms with Gasteiger partial charge in [-0.3, -0.25) is 4.79 Å². The van der Waals surface area contributed by atoms with E-state index in [1.54, 1.807) is 18.3 Å². The lowest BCUT2D eigenvalue weighted by Gasteiger charge is -2.25. The van der Waals surface area contributed by atoms with E-state index in [0.717, 1.165) is 0 Å². The van der Waals surface area contributed by atoms with Crippen LogP contribution in [-0.4, -0.2) is 20.8 Å². The second kappa shape index (κ2) is 5.21. The molecule has 1 rings (SSSR count). The first-order chi connectivity index (χ1) is 7.54. The van der Waals surface area contributed by atoms with Gasteiger partial charge in [-0.15, -0.1) is 0 Å². The third-order valence-corrected chi connectivity index (χ3v) is 4.18. The van der Waals surface area contributed by atoms with Crippen LogP contribution in [0.15, 0.2) is 23.4 Å². The number of aliphatic carboxylic acids is 1. The second-order valence-electron chi connectivity index (χ2n) is 3.54. The highest BCUT2D eigenvalue weighted by atomic mass is 32.2. The first kappa shape index (κ1) is 12.8. The highest BCUT2D eigenvalue weighted by Crippen LogP contribution is 2.37. The summed E-state index contributed by atoms with van der Waals surface area (Å²) in [6.45, 7) is 3.75. The second-order valence-corrected chi connectivity index (χ2v) is 4.94. The summed E-state index contributed by atoms with van der Waals surface area (Å²) in [5.74, 6) is -0.791. The summed E-state index contributed by atoms with van der Waals surface area (Å²) in [5, 5.41) is 9.96. The zero-order valence-electron chi connectivity index (χ0n) is 9.43. The van der Waals surface area contributed by atoms with Crippen molar-refractivity contribution in [2.75, 3.05) is 5.73 Å². The van der Waals surface area contributed by atoms with Crippen LogP contribution in [0.4, 0.5) is 5.69 Å². The number of aromatic nitrogens is 1. The molecule has 0 aliphatic heterocycles. The molecule has 3 N–H and O–H groups in total. The molecule has 0 aliphatic carbocycles. The number of carbonyl (C=O) groups is 1. The minimum Gasteiger partial charge on any atom is -0.480 e. The fraction of sp³-hybridized carbons (Fsp3) is 0.455. The summed E-state index contributed by atoms with van der Waals surface area (Å²) < 4.78 is -0.789. The largest absolute Gasteiger partial charge is 0.480 e. The Bertz CT molecular complexity index is 361. The van der Waals surface area contributed by atoms with Crippen LogP contribution in [-0.2, 0) is 4.79 Å². The molecule has 0 saturated heterocycles. The third-order valence-electron chi connectivity index (χ3n) is 2.59. The Hall–Kier alpha value is -1.23. The minimum atomic E-state index is -0.791. The van der Waals surface area contributed by atoms with Crippen molar-refractivity contribution in [2.45, 2.75) is 36.5 Å². The maximum Gasteiger partial charge on any atom is 0.320 e.